The average molecular weight is 221 g/mol. The van der Waals surface area contributed by atoms with Crippen molar-refractivity contribution in [3.05, 3.63) is 24.0 Å². The standard InChI is InChI=1S/C13H19NO2/c1-13(2,3)16-12(15)11-8-5-9-14(11)10-6-4-7-10/h5,8-10H,4,6-7H2,1-3H3. The lowest BCUT2D eigenvalue weighted by atomic mass is 9.93. The van der Waals surface area contributed by atoms with E-state index in [2.05, 4.69) is 4.57 Å². The van der Waals surface area contributed by atoms with Crippen molar-refractivity contribution >= 4 is 5.97 Å². The molecule has 0 spiro atoms. The van der Waals surface area contributed by atoms with Gasteiger partial charge in [-0.2, -0.15) is 0 Å². The van der Waals surface area contributed by atoms with Crippen molar-refractivity contribution in [3.8, 4) is 0 Å². The number of carbonyl (C=O) groups excluding carboxylic acids is 1. The molecule has 88 valence electrons. The zero-order chi connectivity index (χ0) is 11.8. The van der Waals surface area contributed by atoms with Gasteiger partial charge in [0, 0.05) is 12.2 Å². The van der Waals surface area contributed by atoms with E-state index >= 15 is 0 Å². The van der Waals surface area contributed by atoms with E-state index in [1.54, 1.807) is 0 Å². The van der Waals surface area contributed by atoms with E-state index in [0.717, 1.165) is 0 Å². The molecule has 0 atom stereocenters. The second kappa shape index (κ2) is 3.96. The summed E-state index contributed by atoms with van der Waals surface area (Å²) < 4.78 is 7.43. The quantitative estimate of drug-likeness (QED) is 0.718. The van der Waals surface area contributed by atoms with Gasteiger partial charge in [0.15, 0.2) is 0 Å². The van der Waals surface area contributed by atoms with E-state index in [-0.39, 0.29) is 5.97 Å². The summed E-state index contributed by atoms with van der Waals surface area (Å²) in [4.78, 5) is 11.9. The van der Waals surface area contributed by atoms with E-state index < -0.39 is 5.60 Å². The Kier molecular flexibility index (Phi) is 2.78. The number of hydrogen-bond acceptors (Lipinski definition) is 2. The van der Waals surface area contributed by atoms with Crippen LogP contribution >= 0.6 is 0 Å². The summed E-state index contributed by atoms with van der Waals surface area (Å²) in [5, 5.41) is 0. The van der Waals surface area contributed by atoms with Gasteiger partial charge in [0.2, 0.25) is 0 Å². The maximum Gasteiger partial charge on any atom is 0.355 e. The topological polar surface area (TPSA) is 31.2 Å². The monoisotopic (exact) mass is 221 g/mol. The van der Waals surface area contributed by atoms with Crippen LogP contribution in [0.3, 0.4) is 0 Å². The number of carbonyl (C=O) groups is 1. The molecule has 16 heavy (non-hydrogen) atoms. The molecule has 1 fully saturated rings. The van der Waals surface area contributed by atoms with Gasteiger partial charge in [0.05, 0.1) is 0 Å². The number of rotatable bonds is 2. The summed E-state index contributed by atoms with van der Waals surface area (Å²) in [5.74, 6) is -0.218. The first kappa shape index (κ1) is 11.2. The molecule has 1 aliphatic rings. The third-order valence-electron chi connectivity index (χ3n) is 2.86. The lowest BCUT2D eigenvalue weighted by Gasteiger charge is -2.29. The number of nitrogens with zero attached hydrogens (tertiary/aromatic N) is 1. The van der Waals surface area contributed by atoms with Crippen LogP contribution in [0.15, 0.2) is 18.3 Å². The van der Waals surface area contributed by atoms with Gasteiger partial charge in [0.1, 0.15) is 11.3 Å². The average Bonchev–Trinajstić information content (AvgIpc) is 2.45. The first-order valence-electron chi connectivity index (χ1n) is 5.87. The van der Waals surface area contributed by atoms with Gasteiger partial charge in [-0.3, -0.25) is 0 Å². The van der Waals surface area contributed by atoms with Crippen molar-refractivity contribution in [2.45, 2.75) is 51.7 Å². The summed E-state index contributed by atoms with van der Waals surface area (Å²) in [6.07, 6.45) is 5.58. The predicted octanol–water partition coefficient (Wildman–Crippen LogP) is 3.17. The molecule has 1 saturated carbocycles. The Bertz CT molecular complexity index is 383. The molecule has 1 aliphatic carbocycles. The van der Waals surface area contributed by atoms with E-state index in [4.69, 9.17) is 4.74 Å². The van der Waals surface area contributed by atoms with Crippen LogP contribution in [0.5, 0.6) is 0 Å². The Hall–Kier alpha value is -1.25. The molecular weight excluding hydrogens is 202 g/mol. The van der Waals surface area contributed by atoms with Crippen LogP contribution in [-0.4, -0.2) is 16.1 Å². The normalized spacial score (nSPS) is 16.9. The minimum Gasteiger partial charge on any atom is -0.455 e. The highest BCUT2D eigenvalue weighted by Crippen LogP contribution is 2.33. The van der Waals surface area contributed by atoms with Crippen molar-refractivity contribution in [2.75, 3.05) is 0 Å². The molecule has 3 heteroatoms. The third-order valence-corrected chi connectivity index (χ3v) is 2.86. The summed E-state index contributed by atoms with van der Waals surface area (Å²) in [6, 6.07) is 4.25. The molecule has 0 bridgehead atoms. The largest absolute Gasteiger partial charge is 0.455 e. The van der Waals surface area contributed by atoms with Gasteiger partial charge in [-0.15, -0.1) is 0 Å². The summed E-state index contributed by atoms with van der Waals surface area (Å²) in [7, 11) is 0. The second-order valence-corrected chi connectivity index (χ2v) is 5.39. The van der Waals surface area contributed by atoms with Crippen molar-refractivity contribution < 1.29 is 9.53 Å². The van der Waals surface area contributed by atoms with Crippen LogP contribution in [0.25, 0.3) is 0 Å². The summed E-state index contributed by atoms with van der Waals surface area (Å²) in [5.41, 5.74) is 0.255. The smallest absolute Gasteiger partial charge is 0.355 e. The van der Waals surface area contributed by atoms with Crippen molar-refractivity contribution in [1.82, 2.24) is 4.57 Å². The lowest BCUT2D eigenvalue weighted by Crippen LogP contribution is -2.27. The van der Waals surface area contributed by atoms with E-state index in [0.29, 0.717) is 11.7 Å². The second-order valence-electron chi connectivity index (χ2n) is 5.39. The number of aromatic nitrogens is 1. The maximum atomic E-state index is 11.9. The van der Waals surface area contributed by atoms with E-state index in [9.17, 15) is 4.79 Å². The van der Waals surface area contributed by atoms with Gasteiger partial charge in [-0.25, -0.2) is 4.79 Å². The molecule has 0 aromatic carbocycles. The van der Waals surface area contributed by atoms with Gasteiger partial charge in [-0.1, -0.05) is 0 Å². The molecule has 3 nitrogen and oxygen atoms in total. The molecule has 1 aromatic heterocycles. The van der Waals surface area contributed by atoms with Crippen LogP contribution < -0.4 is 0 Å². The molecule has 0 N–H and O–H groups in total. The van der Waals surface area contributed by atoms with Gasteiger partial charge in [-0.05, 0) is 52.2 Å². The summed E-state index contributed by atoms with van der Waals surface area (Å²) >= 11 is 0. The molecule has 2 rings (SSSR count). The first-order chi connectivity index (χ1) is 7.47. The minimum atomic E-state index is -0.425. The van der Waals surface area contributed by atoms with Gasteiger partial charge in [0.25, 0.3) is 0 Å². The van der Waals surface area contributed by atoms with Crippen LogP contribution in [0.1, 0.15) is 56.6 Å². The Labute approximate surface area is 96.4 Å². The highest BCUT2D eigenvalue weighted by Gasteiger charge is 2.25. The van der Waals surface area contributed by atoms with Gasteiger partial charge < -0.3 is 9.30 Å². The van der Waals surface area contributed by atoms with Crippen LogP contribution in [0.4, 0.5) is 0 Å². The van der Waals surface area contributed by atoms with Crippen molar-refractivity contribution in [3.63, 3.8) is 0 Å². The molecule has 0 saturated heterocycles. The van der Waals surface area contributed by atoms with E-state index in [1.165, 1.54) is 19.3 Å². The molecular formula is C13H19NO2. The Morgan fingerprint density at radius 1 is 1.44 bits per heavy atom. The molecule has 0 amide bonds. The van der Waals surface area contributed by atoms with Crippen LogP contribution in [0.2, 0.25) is 0 Å². The fourth-order valence-electron chi connectivity index (χ4n) is 1.88. The first-order valence-corrected chi connectivity index (χ1v) is 5.87. The fourth-order valence-corrected chi connectivity index (χ4v) is 1.88. The molecule has 0 radical (unpaired) electrons. The number of hydrogen-bond donors (Lipinski definition) is 0. The maximum absolute atomic E-state index is 11.9. The molecule has 1 heterocycles. The Morgan fingerprint density at radius 2 is 2.12 bits per heavy atom. The SMILES string of the molecule is CC(C)(C)OC(=O)c1cccn1C1CCC1. The minimum absolute atomic E-state index is 0.218. The fraction of sp³-hybridized carbons (Fsp3) is 0.615. The molecule has 1 aromatic rings. The highest BCUT2D eigenvalue weighted by molar-refractivity contribution is 5.88. The molecule has 0 aliphatic heterocycles. The van der Waals surface area contributed by atoms with Crippen molar-refractivity contribution in [2.24, 2.45) is 0 Å². The lowest BCUT2D eigenvalue weighted by molar-refractivity contribution is 0.00530. The summed E-state index contributed by atoms with van der Waals surface area (Å²) in [6.45, 7) is 5.67. The zero-order valence-electron chi connectivity index (χ0n) is 10.2. The van der Waals surface area contributed by atoms with Gasteiger partial charge >= 0.3 is 5.97 Å². The van der Waals surface area contributed by atoms with E-state index in [1.807, 2.05) is 39.1 Å². The third kappa shape index (κ3) is 2.29. The number of ether oxygens (including phenoxy) is 1. The molecule has 0 unspecified atom stereocenters. The Balaban J connectivity index is 2.14. The Morgan fingerprint density at radius 3 is 2.62 bits per heavy atom. The van der Waals surface area contributed by atoms with Crippen LogP contribution in [-0.2, 0) is 4.74 Å². The zero-order valence-corrected chi connectivity index (χ0v) is 10.2. The predicted molar refractivity (Wildman–Crippen MR) is 62.5 cm³/mol. The van der Waals surface area contributed by atoms with Crippen LogP contribution in [0, 0.1) is 0 Å². The highest BCUT2D eigenvalue weighted by atomic mass is 16.6. The van der Waals surface area contributed by atoms with Crippen molar-refractivity contribution in [1.29, 1.82) is 0 Å². The number of esters is 1.